The third-order valence-corrected chi connectivity index (χ3v) is 1.86. The number of unbranched alkanes of at least 4 members (excludes halogenated alkanes) is 1. The fraction of sp³-hybridized carbons (Fsp3) is 0.900. The minimum Gasteiger partial charge on any atom is -0.359 e. The molecule has 0 aromatic heterocycles. The smallest absolute Gasteiger partial charge is 0.219 e. The second kappa shape index (κ2) is 5.18. The van der Waals surface area contributed by atoms with Crippen LogP contribution in [-0.4, -0.2) is 13.0 Å². The molecule has 1 amide bonds. The van der Waals surface area contributed by atoms with Crippen LogP contribution in [0.1, 0.15) is 46.5 Å². The van der Waals surface area contributed by atoms with Gasteiger partial charge in [0.25, 0.3) is 0 Å². The first-order valence-electron chi connectivity index (χ1n) is 4.66. The van der Waals surface area contributed by atoms with Gasteiger partial charge in [-0.1, -0.05) is 27.2 Å². The van der Waals surface area contributed by atoms with Gasteiger partial charge in [0.1, 0.15) is 0 Å². The number of hydrogen-bond donors (Lipinski definition) is 1. The molecule has 0 aliphatic rings. The Morgan fingerprint density at radius 3 is 2.25 bits per heavy atom. The molecule has 0 saturated heterocycles. The van der Waals surface area contributed by atoms with E-state index in [1.54, 1.807) is 7.05 Å². The van der Waals surface area contributed by atoms with Crippen molar-refractivity contribution in [3.63, 3.8) is 0 Å². The van der Waals surface area contributed by atoms with Crippen molar-refractivity contribution in [2.24, 2.45) is 5.41 Å². The summed E-state index contributed by atoms with van der Waals surface area (Å²) in [7, 11) is 1.69. The van der Waals surface area contributed by atoms with Crippen molar-refractivity contribution < 1.29 is 4.79 Å². The first-order valence-corrected chi connectivity index (χ1v) is 4.66. The second-order valence-electron chi connectivity index (χ2n) is 4.44. The average Bonchev–Trinajstić information content (AvgIpc) is 1.96. The van der Waals surface area contributed by atoms with Gasteiger partial charge in [-0.25, -0.2) is 0 Å². The Balaban J connectivity index is 3.28. The molecular formula is C10H21NO. The Bertz CT molecular complexity index is 135. The van der Waals surface area contributed by atoms with Gasteiger partial charge in [0, 0.05) is 13.5 Å². The number of rotatable bonds is 4. The Kier molecular flexibility index (Phi) is 4.95. The van der Waals surface area contributed by atoms with Crippen LogP contribution in [-0.2, 0) is 4.79 Å². The lowest BCUT2D eigenvalue weighted by molar-refractivity contribution is -0.120. The summed E-state index contributed by atoms with van der Waals surface area (Å²) in [5.41, 5.74) is 0.405. The minimum absolute atomic E-state index is 0.156. The standard InChI is InChI=1S/C10H21NO/c1-10(2,3)8-6-5-7-9(12)11-4/h5-8H2,1-4H3,(H,11,12). The van der Waals surface area contributed by atoms with Crippen molar-refractivity contribution in [3.8, 4) is 0 Å². The van der Waals surface area contributed by atoms with E-state index in [0.717, 1.165) is 12.8 Å². The summed E-state index contributed by atoms with van der Waals surface area (Å²) in [4.78, 5) is 10.8. The highest BCUT2D eigenvalue weighted by atomic mass is 16.1. The summed E-state index contributed by atoms with van der Waals surface area (Å²) in [5, 5.41) is 2.62. The van der Waals surface area contributed by atoms with E-state index >= 15 is 0 Å². The molecule has 2 heteroatoms. The maximum absolute atomic E-state index is 10.8. The number of nitrogens with one attached hydrogen (secondary N) is 1. The lowest BCUT2D eigenvalue weighted by Crippen LogP contribution is -2.17. The summed E-state index contributed by atoms with van der Waals surface area (Å²) in [6.07, 6.45) is 4.03. The highest BCUT2D eigenvalue weighted by molar-refractivity contribution is 5.75. The average molecular weight is 171 g/mol. The van der Waals surface area contributed by atoms with Crippen molar-refractivity contribution >= 4 is 5.91 Å². The summed E-state index contributed by atoms with van der Waals surface area (Å²) in [6.45, 7) is 6.69. The van der Waals surface area contributed by atoms with Crippen LogP contribution in [0, 0.1) is 5.41 Å². The van der Waals surface area contributed by atoms with E-state index in [1.165, 1.54) is 6.42 Å². The van der Waals surface area contributed by atoms with Crippen LogP contribution in [0.3, 0.4) is 0 Å². The molecule has 0 aromatic carbocycles. The van der Waals surface area contributed by atoms with Crippen LogP contribution >= 0.6 is 0 Å². The summed E-state index contributed by atoms with van der Waals surface area (Å²) in [6, 6.07) is 0. The third kappa shape index (κ3) is 7.58. The van der Waals surface area contributed by atoms with Crippen LogP contribution in [0.2, 0.25) is 0 Å². The van der Waals surface area contributed by atoms with Crippen molar-refractivity contribution in [1.29, 1.82) is 0 Å². The molecule has 0 spiro atoms. The molecule has 0 saturated carbocycles. The number of carbonyl (C=O) groups excluding carboxylic acids is 1. The highest BCUT2D eigenvalue weighted by Gasteiger charge is 2.09. The van der Waals surface area contributed by atoms with Gasteiger partial charge in [0.05, 0.1) is 0 Å². The highest BCUT2D eigenvalue weighted by Crippen LogP contribution is 2.21. The van der Waals surface area contributed by atoms with E-state index in [4.69, 9.17) is 0 Å². The molecule has 0 fully saturated rings. The fourth-order valence-corrected chi connectivity index (χ4v) is 1.07. The lowest BCUT2D eigenvalue weighted by atomic mass is 9.89. The van der Waals surface area contributed by atoms with Crippen LogP contribution in [0.4, 0.5) is 0 Å². The van der Waals surface area contributed by atoms with E-state index in [-0.39, 0.29) is 5.91 Å². The van der Waals surface area contributed by atoms with Crippen LogP contribution in [0.5, 0.6) is 0 Å². The Hall–Kier alpha value is -0.530. The van der Waals surface area contributed by atoms with Crippen molar-refractivity contribution in [2.75, 3.05) is 7.05 Å². The van der Waals surface area contributed by atoms with Crippen molar-refractivity contribution in [1.82, 2.24) is 5.32 Å². The predicted octanol–water partition coefficient (Wildman–Crippen LogP) is 2.34. The van der Waals surface area contributed by atoms with E-state index in [2.05, 4.69) is 26.1 Å². The van der Waals surface area contributed by atoms with E-state index in [1.807, 2.05) is 0 Å². The van der Waals surface area contributed by atoms with Gasteiger partial charge < -0.3 is 5.32 Å². The Morgan fingerprint density at radius 1 is 1.25 bits per heavy atom. The van der Waals surface area contributed by atoms with Crippen molar-refractivity contribution in [2.45, 2.75) is 46.5 Å². The molecule has 0 heterocycles. The normalized spacial score (nSPS) is 11.3. The molecule has 1 N–H and O–H groups in total. The fourth-order valence-electron chi connectivity index (χ4n) is 1.07. The first-order chi connectivity index (χ1) is 5.45. The SMILES string of the molecule is CNC(=O)CCCCC(C)(C)C. The predicted molar refractivity (Wildman–Crippen MR) is 52.0 cm³/mol. The maximum Gasteiger partial charge on any atom is 0.219 e. The number of hydrogen-bond acceptors (Lipinski definition) is 1. The zero-order valence-electron chi connectivity index (χ0n) is 8.74. The molecule has 0 bridgehead atoms. The quantitative estimate of drug-likeness (QED) is 0.646. The Labute approximate surface area is 75.7 Å². The molecule has 12 heavy (non-hydrogen) atoms. The second-order valence-corrected chi connectivity index (χ2v) is 4.44. The number of amides is 1. The van der Waals surface area contributed by atoms with Crippen LogP contribution in [0.15, 0.2) is 0 Å². The molecule has 2 nitrogen and oxygen atoms in total. The van der Waals surface area contributed by atoms with Gasteiger partial charge in [-0.15, -0.1) is 0 Å². The largest absolute Gasteiger partial charge is 0.359 e. The van der Waals surface area contributed by atoms with Gasteiger partial charge in [0.2, 0.25) is 5.91 Å². The molecule has 72 valence electrons. The number of carbonyl (C=O) groups is 1. The molecule has 0 aromatic rings. The van der Waals surface area contributed by atoms with Crippen LogP contribution < -0.4 is 5.32 Å². The van der Waals surface area contributed by atoms with Gasteiger partial charge in [-0.3, -0.25) is 4.79 Å². The lowest BCUT2D eigenvalue weighted by Gasteiger charge is -2.17. The molecular weight excluding hydrogens is 150 g/mol. The van der Waals surface area contributed by atoms with Crippen LogP contribution in [0.25, 0.3) is 0 Å². The zero-order chi connectivity index (χ0) is 9.61. The first kappa shape index (κ1) is 11.5. The van der Waals surface area contributed by atoms with Gasteiger partial charge >= 0.3 is 0 Å². The summed E-state index contributed by atoms with van der Waals surface area (Å²) in [5.74, 6) is 0.156. The molecule has 0 atom stereocenters. The topological polar surface area (TPSA) is 29.1 Å². The molecule has 0 rings (SSSR count). The molecule has 0 aliphatic carbocycles. The molecule has 0 aliphatic heterocycles. The monoisotopic (exact) mass is 171 g/mol. The van der Waals surface area contributed by atoms with Gasteiger partial charge in [-0.2, -0.15) is 0 Å². The van der Waals surface area contributed by atoms with Gasteiger partial charge in [-0.05, 0) is 18.3 Å². The van der Waals surface area contributed by atoms with Crippen molar-refractivity contribution in [3.05, 3.63) is 0 Å². The van der Waals surface area contributed by atoms with E-state index in [0.29, 0.717) is 11.8 Å². The van der Waals surface area contributed by atoms with Gasteiger partial charge in [0.15, 0.2) is 0 Å². The zero-order valence-corrected chi connectivity index (χ0v) is 8.74. The third-order valence-electron chi connectivity index (χ3n) is 1.86. The molecule has 0 unspecified atom stereocenters. The minimum atomic E-state index is 0.156. The van der Waals surface area contributed by atoms with E-state index < -0.39 is 0 Å². The summed E-state index contributed by atoms with van der Waals surface area (Å²) < 4.78 is 0. The van der Waals surface area contributed by atoms with E-state index in [9.17, 15) is 4.79 Å². The summed E-state index contributed by atoms with van der Waals surface area (Å²) >= 11 is 0. The maximum atomic E-state index is 10.8. The molecule has 0 radical (unpaired) electrons. The Morgan fingerprint density at radius 2 is 1.83 bits per heavy atom.